The molecule has 1 atom stereocenters. The van der Waals surface area contributed by atoms with Gasteiger partial charge < -0.3 is 19.4 Å². The summed E-state index contributed by atoms with van der Waals surface area (Å²) >= 11 is 0. The first-order valence-electron chi connectivity index (χ1n) is 8.52. The molecule has 0 radical (unpaired) electrons. The fraction of sp³-hybridized carbons (Fsp3) is 0.500. The summed E-state index contributed by atoms with van der Waals surface area (Å²) in [7, 11) is 0. The van der Waals surface area contributed by atoms with Gasteiger partial charge in [0.15, 0.2) is 0 Å². The summed E-state index contributed by atoms with van der Waals surface area (Å²) in [5.74, 6) is 0.704. The maximum atomic E-state index is 13.1. The van der Waals surface area contributed by atoms with Crippen LogP contribution in [0.5, 0.6) is 0 Å². The van der Waals surface area contributed by atoms with Gasteiger partial charge in [-0.25, -0.2) is 9.37 Å². The van der Waals surface area contributed by atoms with E-state index in [9.17, 15) is 4.39 Å². The Kier molecular flexibility index (Phi) is 4.60. The number of fused-ring (bicyclic) bond motifs is 1. The van der Waals surface area contributed by atoms with Gasteiger partial charge in [-0.1, -0.05) is 0 Å². The molecule has 2 aromatic rings. The number of ether oxygens (including phenoxy) is 2. The predicted octanol–water partition coefficient (Wildman–Crippen LogP) is 2.36. The number of rotatable bonds is 4. The lowest BCUT2D eigenvalue weighted by molar-refractivity contribution is -0.00174. The van der Waals surface area contributed by atoms with Crippen molar-refractivity contribution in [3.8, 4) is 11.3 Å². The van der Waals surface area contributed by atoms with E-state index >= 15 is 0 Å². The molecule has 0 spiro atoms. The SMILES string of the molecule is Fc1ccc(-c2cnc3n2C[C@H](CNC2CCOCC2)OC3)cc1. The van der Waals surface area contributed by atoms with Gasteiger partial charge in [0.05, 0.1) is 24.5 Å². The van der Waals surface area contributed by atoms with Crippen molar-refractivity contribution in [3.05, 3.63) is 42.1 Å². The Bertz CT molecular complexity index is 680. The second-order valence-corrected chi connectivity index (χ2v) is 6.41. The molecule has 128 valence electrons. The summed E-state index contributed by atoms with van der Waals surface area (Å²) in [6.45, 7) is 3.78. The average Bonchev–Trinajstić information content (AvgIpc) is 3.05. The van der Waals surface area contributed by atoms with Gasteiger partial charge in [-0.2, -0.15) is 0 Å². The first-order chi connectivity index (χ1) is 11.8. The minimum absolute atomic E-state index is 0.119. The second-order valence-electron chi connectivity index (χ2n) is 6.41. The highest BCUT2D eigenvalue weighted by atomic mass is 19.1. The van der Waals surface area contributed by atoms with E-state index in [0.717, 1.165) is 56.2 Å². The Balaban J connectivity index is 1.44. The van der Waals surface area contributed by atoms with Gasteiger partial charge in [0, 0.05) is 25.8 Å². The molecule has 2 aliphatic rings. The fourth-order valence-electron chi connectivity index (χ4n) is 3.36. The van der Waals surface area contributed by atoms with Crippen molar-refractivity contribution in [1.82, 2.24) is 14.9 Å². The fourth-order valence-corrected chi connectivity index (χ4v) is 3.36. The Labute approximate surface area is 140 Å². The lowest BCUT2D eigenvalue weighted by Crippen LogP contribution is -2.42. The number of aromatic nitrogens is 2. The second kappa shape index (κ2) is 7.01. The van der Waals surface area contributed by atoms with Gasteiger partial charge in [-0.3, -0.25) is 0 Å². The van der Waals surface area contributed by atoms with Crippen molar-refractivity contribution in [2.45, 2.75) is 38.1 Å². The van der Waals surface area contributed by atoms with Gasteiger partial charge in [-0.15, -0.1) is 0 Å². The summed E-state index contributed by atoms with van der Waals surface area (Å²) < 4.78 is 26.7. The highest BCUT2D eigenvalue weighted by molar-refractivity contribution is 5.59. The van der Waals surface area contributed by atoms with Crippen molar-refractivity contribution in [3.63, 3.8) is 0 Å². The van der Waals surface area contributed by atoms with Crippen molar-refractivity contribution < 1.29 is 13.9 Å². The van der Waals surface area contributed by atoms with E-state index in [2.05, 4.69) is 14.9 Å². The summed E-state index contributed by atoms with van der Waals surface area (Å²) in [5, 5.41) is 3.59. The van der Waals surface area contributed by atoms with E-state index < -0.39 is 0 Å². The van der Waals surface area contributed by atoms with Crippen LogP contribution in [0.2, 0.25) is 0 Å². The molecule has 6 heteroatoms. The molecule has 1 fully saturated rings. The van der Waals surface area contributed by atoms with E-state index in [1.165, 1.54) is 12.1 Å². The van der Waals surface area contributed by atoms with Crippen LogP contribution in [0.15, 0.2) is 30.5 Å². The quantitative estimate of drug-likeness (QED) is 0.934. The molecule has 2 aliphatic heterocycles. The predicted molar refractivity (Wildman–Crippen MR) is 88.0 cm³/mol. The molecule has 0 amide bonds. The molecule has 0 aliphatic carbocycles. The zero-order chi connectivity index (χ0) is 16.4. The first kappa shape index (κ1) is 15.7. The molecule has 1 aromatic heterocycles. The molecule has 0 unspecified atom stereocenters. The van der Waals surface area contributed by atoms with E-state index in [-0.39, 0.29) is 11.9 Å². The molecular formula is C18H22FN3O2. The zero-order valence-electron chi connectivity index (χ0n) is 13.6. The lowest BCUT2D eigenvalue weighted by Gasteiger charge is -2.29. The van der Waals surface area contributed by atoms with Crippen LogP contribution in [0.1, 0.15) is 18.7 Å². The number of nitrogens with zero attached hydrogens (tertiary/aromatic N) is 2. The monoisotopic (exact) mass is 331 g/mol. The number of halogens is 1. The highest BCUT2D eigenvalue weighted by Gasteiger charge is 2.24. The number of hydrogen-bond acceptors (Lipinski definition) is 4. The van der Waals surface area contributed by atoms with Crippen LogP contribution in [-0.2, 0) is 22.6 Å². The Morgan fingerprint density at radius 1 is 1.21 bits per heavy atom. The normalized spacial score (nSPS) is 21.6. The van der Waals surface area contributed by atoms with Gasteiger partial charge in [0.25, 0.3) is 0 Å². The van der Waals surface area contributed by atoms with Crippen LogP contribution >= 0.6 is 0 Å². The largest absolute Gasteiger partial charge is 0.381 e. The van der Waals surface area contributed by atoms with E-state index in [0.29, 0.717) is 12.6 Å². The van der Waals surface area contributed by atoms with Crippen molar-refractivity contribution in [2.75, 3.05) is 19.8 Å². The molecule has 0 bridgehead atoms. The standard InChI is InChI=1S/C18H22FN3O2/c19-14-3-1-13(2-4-14)17-10-21-18-12-24-16(11-22(17)18)9-20-15-5-7-23-8-6-15/h1-4,10,15-16,20H,5-9,11-12H2/t16-/m0/s1. The van der Waals surface area contributed by atoms with Crippen molar-refractivity contribution in [1.29, 1.82) is 0 Å². The van der Waals surface area contributed by atoms with Crippen molar-refractivity contribution in [2.24, 2.45) is 0 Å². The molecule has 4 rings (SSSR count). The van der Waals surface area contributed by atoms with Crippen molar-refractivity contribution >= 4 is 0 Å². The minimum atomic E-state index is -0.223. The number of hydrogen-bond donors (Lipinski definition) is 1. The van der Waals surface area contributed by atoms with Crippen LogP contribution in [0.25, 0.3) is 11.3 Å². The Morgan fingerprint density at radius 3 is 2.79 bits per heavy atom. The Morgan fingerprint density at radius 2 is 2.00 bits per heavy atom. The minimum Gasteiger partial charge on any atom is -0.381 e. The van der Waals surface area contributed by atoms with Gasteiger partial charge in [0.2, 0.25) is 0 Å². The Hall–Kier alpha value is -1.76. The third kappa shape index (κ3) is 3.36. The van der Waals surface area contributed by atoms with Gasteiger partial charge in [-0.05, 0) is 42.7 Å². The molecule has 1 saturated heterocycles. The van der Waals surface area contributed by atoms with Gasteiger partial charge in [0.1, 0.15) is 18.2 Å². The van der Waals surface area contributed by atoms with Crippen LogP contribution in [0, 0.1) is 5.82 Å². The summed E-state index contributed by atoms with van der Waals surface area (Å²) in [6, 6.07) is 7.08. The number of imidazole rings is 1. The summed E-state index contributed by atoms with van der Waals surface area (Å²) in [5.41, 5.74) is 2.00. The van der Waals surface area contributed by atoms with Crippen LogP contribution in [-0.4, -0.2) is 41.5 Å². The maximum absolute atomic E-state index is 13.1. The average molecular weight is 331 g/mol. The molecule has 5 nitrogen and oxygen atoms in total. The van der Waals surface area contributed by atoms with Crippen LogP contribution < -0.4 is 5.32 Å². The van der Waals surface area contributed by atoms with E-state index in [1.54, 1.807) is 12.1 Å². The smallest absolute Gasteiger partial charge is 0.135 e. The number of nitrogens with one attached hydrogen (secondary N) is 1. The summed E-state index contributed by atoms with van der Waals surface area (Å²) in [4.78, 5) is 4.45. The maximum Gasteiger partial charge on any atom is 0.135 e. The zero-order valence-corrected chi connectivity index (χ0v) is 13.6. The van der Waals surface area contributed by atoms with E-state index in [1.807, 2.05) is 6.20 Å². The molecule has 24 heavy (non-hydrogen) atoms. The molecule has 1 aromatic carbocycles. The van der Waals surface area contributed by atoms with Crippen LogP contribution in [0.3, 0.4) is 0 Å². The van der Waals surface area contributed by atoms with Crippen LogP contribution in [0.4, 0.5) is 4.39 Å². The summed E-state index contributed by atoms with van der Waals surface area (Å²) in [6.07, 6.45) is 4.09. The molecule has 0 saturated carbocycles. The number of benzene rings is 1. The molecule has 3 heterocycles. The topological polar surface area (TPSA) is 48.3 Å². The third-order valence-corrected chi connectivity index (χ3v) is 4.77. The van der Waals surface area contributed by atoms with E-state index in [4.69, 9.17) is 9.47 Å². The highest BCUT2D eigenvalue weighted by Crippen LogP contribution is 2.25. The third-order valence-electron chi connectivity index (χ3n) is 4.77. The molecular weight excluding hydrogens is 309 g/mol. The first-order valence-corrected chi connectivity index (χ1v) is 8.52. The lowest BCUT2D eigenvalue weighted by atomic mass is 10.1. The van der Waals surface area contributed by atoms with Gasteiger partial charge >= 0.3 is 0 Å². The molecule has 1 N–H and O–H groups in total.